The number of Topliss-reactive ketones (excluding diaryl/α,β-unsaturated/α-hetero) is 1. The molecule has 0 aromatic heterocycles. The van der Waals surface area contributed by atoms with Gasteiger partial charge in [-0.2, -0.15) is 0 Å². The van der Waals surface area contributed by atoms with E-state index in [9.17, 15) is 4.79 Å². The number of benzene rings is 1. The van der Waals surface area contributed by atoms with Gasteiger partial charge in [-0.1, -0.05) is 39.1 Å². The lowest BCUT2D eigenvalue weighted by molar-refractivity contribution is 0.102. The Morgan fingerprint density at radius 2 is 1.92 bits per heavy atom. The van der Waals surface area contributed by atoms with Crippen molar-refractivity contribution < 1.29 is 4.79 Å². The molecule has 1 aromatic carbocycles. The summed E-state index contributed by atoms with van der Waals surface area (Å²) >= 11 is 17.9. The van der Waals surface area contributed by atoms with Crippen molar-refractivity contribution in [3.8, 4) is 0 Å². The summed E-state index contributed by atoms with van der Waals surface area (Å²) in [5, 5.41) is 1.12. The molecule has 5 heteroatoms. The van der Waals surface area contributed by atoms with Crippen LogP contribution in [-0.2, 0) is 0 Å². The van der Waals surface area contributed by atoms with E-state index in [4.69, 9.17) is 23.2 Å². The summed E-state index contributed by atoms with van der Waals surface area (Å²) in [7, 11) is 0. The Morgan fingerprint density at radius 3 is 2.46 bits per heavy atom. The number of hydrogen-bond donors (Lipinski definition) is 0. The van der Waals surface area contributed by atoms with E-state index in [1.807, 2.05) is 0 Å². The van der Waals surface area contributed by atoms with Gasteiger partial charge in [0.25, 0.3) is 0 Å². The minimum absolute atomic E-state index is 0.0839. The highest BCUT2D eigenvalue weighted by Gasteiger charge is 2.11. The van der Waals surface area contributed by atoms with Gasteiger partial charge in [0, 0.05) is 10.0 Å². The van der Waals surface area contributed by atoms with Crippen LogP contribution in [0.4, 0.5) is 0 Å². The third kappa shape index (κ3) is 2.69. The third-order valence-corrected chi connectivity index (χ3v) is 3.45. The fraction of sp³-hybridized carbons (Fsp3) is 0.125. The number of alkyl halides is 1. The monoisotopic (exact) mass is 344 g/mol. The molecule has 0 aliphatic carbocycles. The predicted octanol–water partition coefficient (Wildman–Crippen LogP) is 4.33. The van der Waals surface area contributed by atoms with Gasteiger partial charge in [-0.15, -0.1) is 0 Å². The zero-order chi connectivity index (χ0) is 10.0. The van der Waals surface area contributed by atoms with E-state index in [1.165, 1.54) is 0 Å². The first-order chi connectivity index (χ1) is 6.06. The molecule has 1 nitrogen and oxygen atoms in total. The van der Waals surface area contributed by atoms with Gasteiger partial charge in [-0.25, -0.2) is 0 Å². The zero-order valence-electron chi connectivity index (χ0n) is 6.28. The smallest absolute Gasteiger partial charge is 0.174 e. The summed E-state index contributed by atoms with van der Waals surface area (Å²) in [6.45, 7) is 0. The van der Waals surface area contributed by atoms with Gasteiger partial charge in [-0.3, -0.25) is 4.79 Å². The van der Waals surface area contributed by atoms with Crippen molar-refractivity contribution in [1.29, 1.82) is 0 Å². The van der Waals surface area contributed by atoms with Crippen LogP contribution in [0.1, 0.15) is 10.4 Å². The molecule has 0 bridgehead atoms. The van der Waals surface area contributed by atoms with Crippen LogP contribution < -0.4 is 0 Å². The molecule has 0 fully saturated rings. The normalized spacial score (nSPS) is 10.2. The van der Waals surface area contributed by atoms with Crippen LogP contribution in [-0.4, -0.2) is 11.1 Å². The highest BCUT2D eigenvalue weighted by atomic mass is 79.9. The fourth-order valence-electron chi connectivity index (χ4n) is 0.808. The topological polar surface area (TPSA) is 17.1 Å². The number of carbonyl (C=O) groups excluding carboxylic acids is 1. The van der Waals surface area contributed by atoms with Crippen LogP contribution >= 0.6 is 55.1 Å². The first-order valence-corrected chi connectivity index (χ1v) is 5.97. The highest BCUT2D eigenvalue weighted by Crippen LogP contribution is 2.29. The van der Waals surface area contributed by atoms with E-state index in [-0.39, 0.29) is 11.1 Å². The summed E-state index contributed by atoms with van der Waals surface area (Å²) in [4.78, 5) is 11.3. The van der Waals surface area contributed by atoms with Crippen molar-refractivity contribution >= 4 is 60.8 Å². The quantitative estimate of drug-likeness (QED) is 0.442. The van der Waals surface area contributed by atoms with Crippen molar-refractivity contribution in [2.45, 2.75) is 0 Å². The molecular formula is C8H4Br2Cl2O. The van der Waals surface area contributed by atoms with Gasteiger partial charge in [0.05, 0.1) is 15.4 Å². The van der Waals surface area contributed by atoms with Gasteiger partial charge in [0.1, 0.15) is 0 Å². The van der Waals surface area contributed by atoms with Crippen LogP contribution in [0, 0.1) is 0 Å². The average Bonchev–Trinajstić information content (AvgIpc) is 2.10. The molecule has 13 heavy (non-hydrogen) atoms. The minimum Gasteiger partial charge on any atom is -0.293 e. The molecule has 0 heterocycles. The second-order valence-corrected chi connectivity index (χ2v) is 4.53. The maximum Gasteiger partial charge on any atom is 0.174 e. The van der Waals surface area contributed by atoms with Crippen molar-refractivity contribution in [1.82, 2.24) is 0 Å². The van der Waals surface area contributed by atoms with Crippen molar-refractivity contribution in [2.75, 3.05) is 5.33 Å². The van der Waals surface area contributed by atoms with Crippen molar-refractivity contribution in [2.24, 2.45) is 0 Å². The van der Waals surface area contributed by atoms with E-state index >= 15 is 0 Å². The Kier molecular flexibility index (Phi) is 4.23. The molecule has 0 atom stereocenters. The Labute approximate surface area is 103 Å². The van der Waals surface area contributed by atoms with Crippen LogP contribution in [0.3, 0.4) is 0 Å². The standard InChI is InChI=1S/C8H4Br2Cl2O/c9-3-8(13)4-1-7(12)5(10)2-6(4)11/h1-2H,3H2. The maximum absolute atomic E-state index is 11.3. The lowest BCUT2D eigenvalue weighted by Gasteiger charge is -2.03. The number of carbonyl (C=O) groups is 1. The van der Waals surface area contributed by atoms with Gasteiger partial charge in [-0.05, 0) is 28.1 Å². The SMILES string of the molecule is O=C(CBr)c1cc(Cl)c(Br)cc1Cl. The Morgan fingerprint density at radius 1 is 1.31 bits per heavy atom. The summed E-state index contributed by atoms with van der Waals surface area (Å²) < 4.78 is 0.685. The molecule has 0 aliphatic rings. The molecule has 0 spiro atoms. The molecule has 0 N–H and O–H groups in total. The molecule has 1 rings (SSSR count). The van der Waals surface area contributed by atoms with Gasteiger partial charge in [0.2, 0.25) is 0 Å². The van der Waals surface area contributed by atoms with Crippen LogP contribution in [0.25, 0.3) is 0 Å². The maximum atomic E-state index is 11.3. The van der Waals surface area contributed by atoms with Gasteiger partial charge >= 0.3 is 0 Å². The third-order valence-electron chi connectivity index (χ3n) is 1.43. The first kappa shape index (κ1) is 11.5. The zero-order valence-corrected chi connectivity index (χ0v) is 11.0. The minimum atomic E-state index is -0.0839. The predicted molar refractivity (Wildman–Crippen MR) is 62.3 cm³/mol. The highest BCUT2D eigenvalue weighted by molar-refractivity contribution is 9.10. The second kappa shape index (κ2) is 4.78. The van der Waals surface area contributed by atoms with E-state index in [2.05, 4.69) is 31.9 Å². The molecule has 70 valence electrons. The molecular weight excluding hydrogens is 343 g/mol. The molecule has 0 radical (unpaired) electrons. The van der Waals surface area contributed by atoms with Crippen LogP contribution in [0.2, 0.25) is 10.0 Å². The molecule has 0 saturated carbocycles. The van der Waals surface area contributed by atoms with E-state index in [1.54, 1.807) is 12.1 Å². The number of halogens is 4. The van der Waals surface area contributed by atoms with E-state index in [0.29, 0.717) is 20.1 Å². The van der Waals surface area contributed by atoms with Crippen molar-refractivity contribution in [3.63, 3.8) is 0 Å². The van der Waals surface area contributed by atoms with E-state index in [0.717, 1.165) is 0 Å². The van der Waals surface area contributed by atoms with Gasteiger partial charge < -0.3 is 0 Å². The Bertz CT molecular complexity index is 352. The number of hydrogen-bond acceptors (Lipinski definition) is 1. The summed E-state index contributed by atoms with van der Waals surface area (Å²) in [5.74, 6) is -0.0839. The summed E-state index contributed by atoms with van der Waals surface area (Å²) in [6, 6.07) is 3.16. The molecule has 0 amide bonds. The fourth-order valence-corrected chi connectivity index (χ4v) is 2.02. The van der Waals surface area contributed by atoms with E-state index < -0.39 is 0 Å². The largest absolute Gasteiger partial charge is 0.293 e. The number of ketones is 1. The molecule has 0 saturated heterocycles. The summed E-state index contributed by atoms with van der Waals surface area (Å²) in [6.07, 6.45) is 0. The molecule has 0 aliphatic heterocycles. The Balaban J connectivity index is 3.23. The first-order valence-electron chi connectivity index (χ1n) is 3.30. The molecule has 1 aromatic rings. The molecule has 0 unspecified atom stereocenters. The average molecular weight is 347 g/mol. The van der Waals surface area contributed by atoms with Crippen LogP contribution in [0.5, 0.6) is 0 Å². The summed E-state index contributed by atoms with van der Waals surface area (Å²) in [5.41, 5.74) is 0.437. The second-order valence-electron chi connectivity index (χ2n) is 2.30. The van der Waals surface area contributed by atoms with Crippen LogP contribution in [0.15, 0.2) is 16.6 Å². The van der Waals surface area contributed by atoms with Crippen molar-refractivity contribution in [3.05, 3.63) is 32.2 Å². The van der Waals surface area contributed by atoms with Gasteiger partial charge in [0.15, 0.2) is 5.78 Å². The Hall–Kier alpha value is 0.430. The lowest BCUT2D eigenvalue weighted by Crippen LogP contribution is -2.00. The lowest BCUT2D eigenvalue weighted by atomic mass is 10.1. The number of rotatable bonds is 2.